The van der Waals surface area contributed by atoms with Gasteiger partial charge in [0.15, 0.2) is 33.6 Å². The molecule has 0 radical (unpaired) electrons. The highest BCUT2D eigenvalue weighted by atomic mass is 32.2. The van der Waals surface area contributed by atoms with E-state index in [9.17, 15) is 19.2 Å². The number of H-pyrrole nitrogens is 2. The number of carbonyl (C=O) groups excluding carboxylic acids is 2. The van der Waals surface area contributed by atoms with Crippen LogP contribution >= 0.6 is 11.8 Å². The van der Waals surface area contributed by atoms with Gasteiger partial charge in [-0.2, -0.15) is 0 Å². The molecule has 11 nitrogen and oxygen atoms in total. The number of ketones is 1. The minimum Gasteiger partial charge on any atom is -0.493 e. The molecule has 0 spiro atoms. The minimum absolute atomic E-state index is 0.0130. The third-order valence-corrected chi connectivity index (χ3v) is 6.23. The number of allylic oxidation sites excluding steroid dienone is 1. The summed E-state index contributed by atoms with van der Waals surface area (Å²) in [6.07, 6.45) is 3.14. The lowest BCUT2D eigenvalue weighted by Crippen LogP contribution is -2.32. The molecule has 12 heteroatoms. The van der Waals surface area contributed by atoms with E-state index in [0.29, 0.717) is 27.9 Å². The second kappa shape index (κ2) is 11.0. The largest absolute Gasteiger partial charge is 0.493 e. The van der Waals surface area contributed by atoms with Crippen molar-refractivity contribution in [1.29, 1.82) is 0 Å². The average molecular weight is 522 g/mol. The number of nitrogens with zero attached hydrogens (tertiary/aromatic N) is 2. The summed E-state index contributed by atoms with van der Waals surface area (Å²) in [4.78, 5) is 58.2. The molecule has 1 amide bonds. The van der Waals surface area contributed by atoms with Crippen LogP contribution in [-0.2, 0) is 11.8 Å². The molecule has 37 heavy (non-hydrogen) atoms. The van der Waals surface area contributed by atoms with Crippen molar-refractivity contribution in [2.24, 2.45) is 7.05 Å². The molecule has 4 aromatic rings. The standard InChI is InChI=1S/C25H23N5O6S/c1-30-23(33)21-22(29-25(30)34)28-24(27-21)37-13-20(32)26-16-8-6-15(7-9-16)17(31)10-4-14-5-11-18(35-2)19(12-14)36-3/h4-12H,13H2,1-3H3,(H,26,32)(H,27,28)(H,29,34)/b10-4+. The number of amides is 1. The molecule has 2 aromatic heterocycles. The van der Waals surface area contributed by atoms with Gasteiger partial charge in [0.25, 0.3) is 5.56 Å². The van der Waals surface area contributed by atoms with Crippen LogP contribution in [0.3, 0.4) is 0 Å². The Hall–Kier alpha value is -4.58. The van der Waals surface area contributed by atoms with E-state index in [-0.39, 0.29) is 28.6 Å². The number of methoxy groups -OCH3 is 2. The van der Waals surface area contributed by atoms with Gasteiger partial charge >= 0.3 is 5.69 Å². The molecule has 0 unspecified atom stereocenters. The average Bonchev–Trinajstić information content (AvgIpc) is 3.32. The zero-order chi connectivity index (χ0) is 26.5. The van der Waals surface area contributed by atoms with Crippen molar-refractivity contribution < 1.29 is 19.1 Å². The van der Waals surface area contributed by atoms with Crippen molar-refractivity contribution in [1.82, 2.24) is 19.5 Å². The predicted octanol–water partition coefficient (Wildman–Crippen LogP) is 2.59. The molecule has 0 aliphatic heterocycles. The molecular weight excluding hydrogens is 498 g/mol. The van der Waals surface area contributed by atoms with Crippen molar-refractivity contribution in [3.8, 4) is 11.5 Å². The molecule has 0 fully saturated rings. The number of carbonyl (C=O) groups is 2. The highest BCUT2D eigenvalue weighted by Gasteiger charge is 2.12. The third kappa shape index (κ3) is 5.81. The van der Waals surface area contributed by atoms with Gasteiger partial charge in [0.1, 0.15) is 0 Å². The number of rotatable bonds is 9. The van der Waals surface area contributed by atoms with Crippen molar-refractivity contribution in [3.63, 3.8) is 0 Å². The number of imidazole rings is 1. The first-order valence-electron chi connectivity index (χ1n) is 10.9. The maximum Gasteiger partial charge on any atom is 0.329 e. The third-order valence-electron chi connectivity index (χ3n) is 5.36. The van der Waals surface area contributed by atoms with E-state index in [4.69, 9.17) is 9.47 Å². The number of anilines is 1. The Morgan fingerprint density at radius 1 is 1.05 bits per heavy atom. The van der Waals surface area contributed by atoms with Crippen LogP contribution in [0.4, 0.5) is 5.69 Å². The van der Waals surface area contributed by atoms with Gasteiger partial charge in [0.05, 0.1) is 20.0 Å². The Balaban J connectivity index is 1.34. The number of hydrogen-bond acceptors (Lipinski definition) is 8. The van der Waals surface area contributed by atoms with Crippen LogP contribution in [0, 0.1) is 0 Å². The van der Waals surface area contributed by atoms with Gasteiger partial charge in [-0.15, -0.1) is 0 Å². The number of aromatic amines is 2. The van der Waals surface area contributed by atoms with E-state index < -0.39 is 11.2 Å². The number of nitrogens with one attached hydrogen (secondary N) is 3. The molecule has 190 valence electrons. The lowest BCUT2D eigenvalue weighted by atomic mass is 10.1. The molecule has 0 saturated heterocycles. The monoisotopic (exact) mass is 521 g/mol. The van der Waals surface area contributed by atoms with E-state index in [1.807, 2.05) is 6.07 Å². The molecule has 3 N–H and O–H groups in total. The summed E-state index contributed by atoms with van der Waals surface area (Å²) in [5, 5.41) is 3.07. The Bertz CT molecular complexity index is 1620. The molecule has 0 atom stereocenters. The summed E-state index contributed by atoms with van der Waals surface area (Å²) >= 11 is 1.08. The number of aromatic nitrogens is 4. The first-order valence-corrected chi connectivity index (χ1v) is 11.9. The number of benzene rings is 2. The van der Waals surface area contributed by atoms with Crippen molar-refractivity contribution in [3.05, 3.63) is 80.5 Å². The van der Waals surface area contributed by atoms with Gasteiger partial charge in [0.2, 0.25) is 5.91 Å². The molecule has 0 saturated carbocycles. The van der Waals surface area contributed by atoms with Crippen molar-refractivity contribution >= 4 is 46.4 Å². The molecule has 0 bridgehead atoms. The first kappa shape index (κ1) is 25.5. The highest BCUT2D eigenvalue weighted by molar-refractivity contribution is 7.99. The molecule has 4 rings (SSSR count). The minimum atomic E-state index is -0.573. The molecular formula is C25H23N5O6S. The van der Waals surface area contributed by atoms with Crippen LogP contribution < -0.4 is 26.0 Å². The Kier molecular flexibility index (Phi) is 7.58. The fourth-order valence-corrected chi connectivity index (χ4v) is 4.05. The van der Waals surface area contributed by atoms with Crippen LogP contribution in [-0.4, -0.2) is 51.2 Å². The van der Waals surface area contributed by atoms with E-state index in [1.165, 1.54) is 13.1 Å². The molecule has 0 aliphatic rings. The quantitative estimate of drug-likeness (QED) is 0.173. The molecule has 0 aliphatic carbocycles. The maximum atomic E-state index is 12.5. The van der Waals surface area contributed by atoms with Gasteiger partial charge < -0.3 is 19.8 Å². The second-order valence-electron chi connectivity index (χ2n) is 7.79. The predicted molar refractivity (Wildman–Crippen MR) is 141 cm³/mol. The van der Waals surface area contributed by atoms with Crippen molar-refractivity contribution in [2.45, 2.75) is 5.16 Å². The smallest absolute Gasteiger partial charge is 0.329 e. The Labute approximate surface area is 214 Å². The van der Waals surface area contributed by atoms with Crippen LogP contribution in [0.1, 0.15) is 15.9 Å². The van der Waals surface area contributed by atoms with Crippen LogP contribution in [0.5, 0.6) is 11.5 Å². The summed E-state index contributed by atoms with van der Waals surface area (Å²) in [7, 11) is 4.45. The lowest BCUT2D eigenvalue weighted by Gasteiger charge is -2.07. The van der Waals surface area contributed by atoms with Crippen LogP contribution in [0.15, 0.2) is 63.3 Å². The first-order chi connectivity index (χ1) is 17.8. The number of thioether (sulfide) groups is 1. The lowest BCUT2D eigenvalue weighted by molar-refractivity contribution is -0.113. The molecule has 2 aromatic carbocycles. The Morgan fingerprint density at radius 3 is 2.49 bits per heavy atom. The van der Waals surface area contributed by atoms with E-state index in [0.717, 1.165) is 21.9 Å². The SMILES string of the molecule is COc1ccc(/C=C/C(=O)c2ccc(NC(=O)CSc3nc4[nH]c(=O)n(C)c(=O)c4[nH]3)cc2)cc1OC. The molecule has 2 heterocycles. The summed E-state index contributed by atoms with van der Waals surface area (Å²) in [5.74, 6) is 0.673. The fraction of sp³-hybridized carbons (Fsp3) is 0.160. The highest BCUT2D eigenvalue weighted by Crippen LogP contribution is 2.28. The normalized spacial score (nSPS) is 11.1. The summed E-state index contributed by atoms with van der Waals surface area (Å²) < 4.78 is 11.4. The van der Waals surface area contributed by atoms with Gasteiger partial charge in [0, 0.05) is 18.3 Å². The van der Waals surface area contributed by atoms with Gasteiger partial charge in [-0.3, -0.25) is 23.9 Å². The van der Waals surface area contributed by atoms with Crippen molar-refractivity contribution in [2.75, 3.05) is 25.3 Å². The van der Waals surface area contributed by atoms with Crippen LogP contribution in [0.2, 0.25) is 0 Å². The van der Waals surface area contributed by atoms with Crippen LogP contribution in [0.25, 0.3) is 17.2 Å². The summed E-state index contributed by atoms with van der Waals surface area (Å²) in [5.41, 5.74) is 0.980. The topological polar surface area (TPSA) is 148 Å². The maximum absolute atomic E-state index is 12.5. The van der Waals surface area contributed by atoms with Gasteiger partial charge in [-0.05, 0) is 48.0 Å². The summed E-state index contributed by atoms with van der Waals surface area (Å²) in [6.45, 7) is 0. The van der Waals surface area contributed by atoms with E-state index in [1.54, 1.807) is 56.7 Å². The number of ether oxygens (including phenoxy) is 2. The Morgan fingerprint density at radius 2 is 1.78 bits per heavy atom. The van der Waals surface area contributed by atoms with Gasteiger partial charge in [-0.25, -0.2) is 9.78 Å². The van der Waals surface area contributed by atoms with E-state index in [2.05, 4.69) is 20.3 Å². The van der Waals surface area contributed by atoms with E-state index >= 15 is 0 Å². The second-order valence-corrected chi connectivity index (χ2v) is 8.75. The fourth-order valence-electron chi connectivity index (χ4n) is 3.38. The van der Waals surface area contributed by atoms with Gasteiger partial charge in [-0.1, -0.05) is 23.9 Å². The number of fused-ring (bicyclic) bond motifs is 1. The zero-order valence-corrected chi connectivity index (χ0v) is 21.0. The number of hydrogen-bond donors (Lipinski definition) is 3. The zero-order valence-electron chi connectivity index (χ0n) is 20.2. The summed E-state index contributed by atoms with van der Waals surface area (Å²) in [6, 6.07) is 11.8.